The van der Waals surface area contributed by atoms with Gasteiger partial charge in [0.15, 0.2) is 0 Å². The number of hydrogen-bond acceptors (Lipinski definition) is 3. The minimum absolute atomic E-state index is 0.00988. The molecule has 1 heterocycles. The third-order valence-electron chi connectivity index (χ3n) is 9.15. The number of likely N-dealkylation sites (tertiary alicyclic amines) is 1. The topological polar surface area (TPSA) is 46.3 Å². The standard InChI is InChI=1S/C25H36N2OS/c1-23(2)16-27(10-9-21(23)26)22(28)25-12-17-11-24(15-25,18-7-5-4-6-8-18)13-20(25)19(17)14-29-3/h4-8,17,19-21H,9-16,26H2,1-3H3/t17?,19?,20?,21-,24?,25?/m0/s1. The largest absolute Gasteiger partial charge is 0.342 e. The summed E-state index contributed by atoms with van der Waals surface area (Å²) in [6.07, 6.45) is 7.85. The molecule has 4 bridgehead atoms. The van der Waals surface area contributed by atoms with Crippen molar-refractivity contribution in [1.29, 1.82) is 0 Å². The van der Waals surface area contributed by atoms with E-state index in [1.54, 1.807) is 0 Å². The lowest BCUT2D eigenvalue weighted by molar-refractivity contribution is -0.148. The second-order valence-corrected chi connectivity index (χ2v) is 12.1. The van der Waals surface area contributed by atoms with Crippen LogP contribution in [-0.4, -0.2) is 41.9 Å². The highest BCUT2D eigenvalue weighted by molar-refractivity contribution is 7.98. The van der Waals surface area contributed by atoms with Crippen LogP contribution in [0.2, 0.25) is 0 Å². The molecule has 5 unspecified atom stereocenters. The minimum Gasteiger partial charge on any atom is -0.342 e. The number of carbonyl (C=O) groups is 1. The Morgan fingerprint density at radius 3 is 2.66 bits per heavy atom. The lowest BCUT2D eigenvalue weighted by atomic mass is 9.62. The Morgan fingerprint density at radius 2 is 1.97 bits per heavy atom. The molecule has 1 amide bonds. The van der Waals surface area contributed by atoms with Crippen molar-refractivity contribution >= 4 is 17.7 Å². The zero-order valence-electron chi connectivity index (χ0n) is 18.2. The average Bonchev–Trinajstić information content (AvgIpc) is 3.08. The zero-order chi connectivity index (χ0) is 20.4. The second-order valence-electron chi connectivity index (χ2n) is 11.2. The molecule has 4 saturated carbocycles. The Bertz CT molecular complexity index is 795. The van der Waals surface area contributed by atoms with Crippen molar-refractivity contribution in [3.63, 3.8) is 0 Å². The molecule has 0 radical (unpaired) electrons. The summed E-state index contributed by atoms with van der Waals surface area (Å²) in [6.45, 7) is 6.12. The van der Waals surface area contributed by atoms with E-state index >= 15 is 0 Å². The van der Waals surface area contributed by atoms with Crippen molar-refractivity contribution in [2.24, 2.45) is 34.3 Å². The summed E-state index contributed by atoms with van der Waals surface area (Å²) >= 11 is 1.98. The highest BCUT2D eigenvalue weighted by atomic mass is 32.2. The number of benzene rings is 1. The summed E-state index contributed by atoms with van der Waals surface area (Å²) in [5.41, 5.74) is 7.96. The van der Waals surface area contributed by atoms with E-state index in [1.165, 1.54) is 24.2 Å². The van der Waals surface area contributed by atoms with E-state index in [9.17, 15) is 4.79 Å². The van der Waals surface area contributed by atoms with Gasteiger partial charge in [-0.2, -0.15) is 11.8 Å². The molecule has 1 aromatic carbocycles. The Labute approximate surface area is 180 Å². The van der Waals surface area contributed by atoms with Gasteiger partial charge in [-0.25, -0.2) is 0 Å². The highest BCUT2D eigenvalue weighted by Gasteiger charge is 2.71. The third-order valence-corrected chi connectivity index (χ3v) is 9.86. The van der Waals surface area contributed by atoms with E-state index in [4.69, 9.17) is 5.73 Å². The third kappa shape index (κ3) is 2.85. The minimum atomic E-state index is -0.128. The van der Waals surface area contributed by atoms with Crippen LogP contribution in [-0.2, 0) is 10.2 Å². The van der Waals surface area contributed by atoms with Crippen LogP contribution in [0.4, 0.5) is 0 Å². The molecular weight excluding hydrogens is 376 g/mol. The van der Waals surface area contributed by atoms with Crippen LogP contribution in [0.25, 0.3) is 0 Å². The molecule has 158 valence electrons. The van der Waals surface area contributed by atoms with Crippen LogP contribution in [0.15, 0.2) is 30.3 Å². The van der Waals surface area contributed by atoms with Gasteiger partial charge < -0.3 is 10.6 Å². The summed E-state index contributed by atoms with van der Waals surface area (Å²) in [6, 6.07) is 11.3. The quantitative estimate of drug-likeness (QED) is 0.802. The average molecular weight is 413 g/mol. The Balaban J connectivity index is 1.49. The second kappa shape index (κ2) is 6.75. The van der Waals surface area contributed by atoms with E-state index in [0.29, 0.717) is 23.7 Å². The maximum Gasteiger partial charge on any atom is 0.229 e. The van der Waals surface area contributed by atoms with Crippen LogP contribution < -0.4 is 5.73 Å². The maximum absolute atomic E-state index is 14.2. The van der Waals surface area contributed by atoms with Crippen LogP contribution in [0.5, 0.6) is 0 Å². The fourth-order valence-corrected chi connectivity index (χ4v) is 8.68. The number of rotatable bonds is 4. The molecule has 4 aliphatic carbocycles. The van der Waals surface area contributed by atoms with Crippen molar-refractivity contribution in [2.75, 3.05) is 25.1 Å². The first-order valence-corrected chi connectivity index (χ1v) is 12.8. The molecule has 2 N–H and O–H groups in total. The van der Waals surface area contributed by atoms with Gasteiger partial charge in [-0.15, -0.1) is 0 Å². The summed E-state index contributed by atoms with van der Waals surface area (Å²) in [5.74, 6) is 3.66. The van der Waals surface area contributed by atoms with Gasteiger partial charge in [0.05, 0.1) is 5.41 Å². The summed E-state index contributed by atoms with van der Waals surface area (Å²) in [7, 11) is 0. The van der Waals surface area contributed by atoms with Gasteiger partial charge >= 0.3 is 0 Å². The lowest BCUT2D eigenvalue weighted by Crippen LogP contribution is -2.57. The van der Waals surface area contributed by atoms with Crippen LogP contribution in [0, 0.1) is 28.6 Å². The van der Waals surface area contributed by atoms with Gasteiger partial charge in [0.1, 0.15) is 0 Å². The van der Waals surface area contributed by atoms with E-state index in [0.717, 1.165) is 32.4 Å². The Kier molecular flexibility index (Phi) is 4.64. The fourth-order valence-electron chi connectivity index (χ4n) is 7.79. The van der Waals surface area contributed by atoms with E-state index in [2.05, 4.69) is 55.3 Å². The first-order valence-electron chi connectivity index (χ1n) is 11.4. The number of nitrogens with zero attached hydrogens (tertiary/aromatic N) is 1. The van der Waals surface area contributed by atoms with E-state index in [1.807, 2.05) is 11.8 Å². The predicted octanol–water partition coefficient (Wildman–Crippen LogP) is 4.31. The molecule has 1 aliphatic heterocycles. The molecule has 4 heteroatoms. The molecule has 6 atom stereocenters. The number of nitrogens with two attached hydrogens (primary N) is 1. The Hall–Kier alpha value is -1.00. The normalized spacial score (nSPS) is 42.4. The van der Waals surface area contributed by atoms with Gasteiger partial charge in [-0.3, -0.25) is 4.79 Å². The van der Waals surface area contributed by atoms with E-state index < -0.39 is 0 Å². The number of hydrogen-bond donors (Lipinski definition) is 1. The molecule has 1 aromatic rings. The predicted molar refractivity (Wildman–Crippen MR) is 121 cm³/mol. The van der Waals surface area contributed by atoms with Crippen LogP contribution in [0.1, 0.15) is 51.5 Å². The summed E-state index contributed by atoms with van der Waals surface area (Å²) in [4.78, 5) is 16.4. The van der Waals surface area contributed by atoms with Crippen molar-refractivity contribution in [3.8, 4) is 0 Å². The number of thioether (sulfide) groups is 1. The van der Waals surface area contributed by atoms with Crippen molar-refractivity contribution in [3.05, 3.63) is 35.9 Å². The SMILES string of the molecule is CSCC1C2CC3(c4ccccc4)CC1C(C(=O)N1CC[C@H](N)C(C)(C)C1)(C2)C3. The van der Waals surface area contributed by atoms with Crippen molar-refractivity contribution < 1.29 is 4.79 Å². The molecule has 6 rings (SSSR count). The smallest absolute Gasteiger partial charge is 0.229 e. The number of amides is 1. The van der Waals surface area contributed by atoms with Crippen LogP contribution >= 0.6 is 11.8 Å². The van der Waals surface area contributed by atoms with Gasteiger partial charge in [0.25, 0.3) is 0 Å². The first kappa shape index (κ1) is 19.9. The van der Waals surface area contributed by atoms with Gasteiger partial charge in [0.2, 0.25) is 5.91 Å². The maximum atomic E-state index is 14.2. The van der Waals surface area contributed by atoms with Gasteiger partial charge in [-0.1, -0.05) is 44.2 Å². The van der Waals surface area contributed by atoms with Gasteiger partial charge in [-0.05, 0) is 78.3 Å². The molecule has 5 fully saturated rings. The molecular formula is C25H36N2OS. The Morgan fingerprint density at radius 1 is 1.21 bits per heavy atom. The number of carbonyl (C=O) groups excluding carboxylic acids is 1. The molecule has 29 heavy (non-hydrogen) atoms. The van der Waals surface area contributed by atoms with Crippen LogP contribution in [0.3, 0.4) is 0 Å². The molecule has 0 aromatic heterocycles. The lowest BCUT2D eigenvalue weighted by Gasteiger charge is -2.47. The van der Waals surface area contributed by atoms with Crippen molar-refractivity contribution in [2.45, 2.75) is 57.4 Å². The summed E-state index contributed by atoms with van der Waals surface area (Å²) in [5, 5.41) is 0. The van der Waals surface area contributed by atoms with Gasteiger partial charge in [0, 0.05) is 19.1 Å². The number of piperidine rings is 1. The summed E-state index contributed by atoms with van der Waals surface area (Å²) < 4.78 is 0. The van der Waals surface area contributed by atoms with Crippen molar-refractivity contribution in [1.82, 2.24) is 4.90 Å². The molecule has 3 nitrogen and oxygen atoms in total. The first-order chi connectivity index (χ1) is 13.8. The molecule has 5 aliphatic rings. The highest BCUT2D eigenvalue weighted by Crippen LogP contribution is 2.73. The zero-order valence-corrected chi connectivity index (χ0v) is 19.0. The monoisotopic (exact) mass is 412 g/mol. The fraction of sp³-hybridized carbons (Fsp3) is 0.720. The molecule has 1 saturated heterocycles. The van der Waals surface area contributed by atoms with E-state index in [-0.39, 0.29) is 22.3 Å². The molecule has 0 spiro atoms.